The molecule has 0 fully saturated rings. The number of alkyl halides is 2. The summed E-state index contributed by atoms with van der Waals surface area (Å²) in [5.41, 5.74) is 0. The second-order valence-corrected chi connectivity index (χ2v) is 2.62. The third-order valence-electron chi connectivity index (χ3n) is 1.30. The first-order valence-electron chi connectivity index (χ1n) is 3.41. The van der Waals surface area contributed by atoms with Crippen molar-refractivity contribution in [2.24, 2.45) is 0 Å². The molecule has 12 heavy (non-hydrogen) atoms. The van der Waals surface area contributed by atoms with Crippen molar-refractivity contribution in [1.29, 1.82) is 5.26 Å². The fourth-order valence-electron chi connectivity index (χ4n) is 0.550. The van der Waals surface area contributed by atoms with Crippen molar-refractivity contribution in [2.45, 2.75) is 25.7 Å². The number of hydrogen-bond acceptors (Lipinski definition) is 2. The lowest BCUT2D eigenvalue weighted by atomic mass is 10.2. The Bertz CT molecular complexity index is 204. The van der Waals surface area contributed by atoms with Crippen LogP contribution in [-0.2, 0) is 4.79 Å². The van der Waals surface area contributed by atoms with E-state index in [-0.39, 0.29) is 6.42 Å². The minimum absolute atomic E-state index is 0.298. The Morgan fingerprint density at radius 2 is 2.17 bits per heavy atom. The Balaban J connectivity index is 3.82. The summed E-state index contributed by atoms with van der Waals surface area (Å²) in [7, 11) is 1.25. The first kappa shape index (κ1) is 10.8. The lowest BCUT2D eigenvalue weighted by Crippen LogP contribution is -2.23. The number of hydrogen-bond donors (Lipinski definition) is 0. The normalized spacial score (nSPS) is 10.6. The highest BCUT2D eigenvalue weighted by atomic mass is 19.3. The molecular formula is C7H10F2N2O. The molecule has 0 aromatic carbocycles. The van der Waals surface area contributed by atoms with Crippen LogP contribution in [0.1, 0.15) is 19.8 Å². The molecule has 0 rings (SSSR count). The molecule has 0 saturated heterocycles. The van der Waals surface area contributed by atoms with E-state index in [9.17, 15) is 13.6 Å². The first-order valence-corrected chi connectivity index (χ1v) is 3.41. The molecular weight excluding hydrogens is 166 g/mol. The number of rotatable bonds is 3. The Morgan fingerprint density at radius 1 is 1.67 bits per heavy atom. The molecule has 0 aromatic rings. The van der Waals surface area contributed by atoms with E-state index >= 15 is 0 Å². The Kier molecular flexibility index (Phi) is 3.61. The standard InChI is InChI=1S/C7H10F2N2O/c1-7(8,9)4-3-6(12)11(2)5-10/h3-4H2,1-2H3. The van der Waals surface area contributed by atoms with E-state index in [0.717, 1.165) is 11.8 Å². The molecule has 0 aromatic heterocycles. The van der Waals surface area contributed by atoms with Crippen molar-refractivity contribution >= 4 is 5.91 Å². The van der Waals surface area contributed by atoms with Gasteiger partial charge in [-0.1, -0.05) is 0 Å². The topological polar surface area (TPSA) is 44.1 Å². The third-order valence-corrected chi connectivity index (χ3v) is 1.30. The maximum atomic E-state index is 12.2. The molecule has 0 atom stereocenters. The van der Waals surface area contributed by atoms with Crippen LogP contribution in [0.5, 0.6) is 0 Å². The zero-order chi connectivity index (χ0) is 9.78. The summed E-state index contributed by atoms with van der Waals surface area (Å²) in [6, 6.07) is 0. The van der Waals surface area contributed by atoms with Crippen LogP contribution in [0.15, 0.2) is 0 Å². The second kappa shape index (κ2) is 4.00. The number of nitriles is 1. The van der Waals surface area contributed by atoms with E-state index in [1.54, 1.807) is 0 Å². The number of carbonyl (C=O) groups is 1. The summed E-state index contributed by atoms with van der Waals surface area (Å²) in [5.74, 6) is -3.43. The zero-order valence-corrected chi connectivity index (χ0v) is 6.97. The van der Waals surface area contributed by atoms with Gasteiger partial charge in [-0.25, -0.2) is 8.78 Å². The number of nitrogens with zero attached hydrogens (tertiary/aromatic N) is 2. The van der Waals surface area contributed by atoms with Crippen LogP contribution in [0, 0.1) is 11.5 Å². The number of halogens is 2. The average molecular weight is 176 g/mol. The van der Waals surface area contributed by atoms with Crippen LogP contribution >= 0.6 is 0 Å². The summed E-state index contributed by atoms with van der Waals surface area (Å²) in [4.78, 5) is 11.5. The van der Waals surface area contributed by atoms with Gasteiger partial charge in [-0.3, -0.25) is 9.69 Å². The average Bonchev–Trinajstić information content (AvgIpc) is 1.97. The van der Waals surface area contributed by atoms with Crippen LogP contribution in [0.3, 0.4) is 0 Å². The molecule has 1 amide bonds. The Morgan fingerprint density at radius 3 is 2.50 bits per heavy atom. The quantitative estimate of drug-likeness (QED) is 0.481. The van der Waals surface area contributed by atoms with E-state index in [4.69, 9.17) is 5.26 Å². The number of amides is 1. The fourth-order valence-corrected chi connectivity index (χ4v) is 0.550. The highest BCUT2D eigenvalue weighted by Gasteiger charge is 2.23. The molecule has 0 unspecified atom stereocenters. The smallest absolute Gasteiger partial charge is 0.245 e. The maximum Gasteiger partial charge on any atom is 0.245 e. The van der Waals surface area contributed by atoms with Gasteiger partial charge in [0.2, 0.25) is 11.8 Å². The molecule has 0 N–H and O–H groups in total. The summed E-state index contributed by atoms with van der Waals surface area (Å²) in [5, 5.41) is 8.20. The van der Waals surface area contributed by atoms with Crippen LogP contribution < -0.4 is 0 Å². The van der Waals surface area contributed by atoms with Crippen molar-refractivity contribution in [3.05, 3.63) is 0 Å². The van der Waals surface area contributed by atoms with E-state index in [2.05, 4.69) is 0 Å². The van der Waals surface area contributed by atoms with Gasteiger partial charge in [-0.15, -0.1) is 0 Å². The van der Waals surface area contributed by atoms with Crippen molar-refractivity contribution in [3.63, 3.8) is 0 Å². The summed E-state index contributed by atoms with van der Waals surface area (Å²) in [6.45, 7) is 0.743. The molecule has 0 radical (unpaired) electrons. The minimum atomic E-state index is -2.84. The van der Waals surface area contributed by atoms with Gasteiger partial charge in [0.1, 0.15) is 0 Å². The Hall–Kier alpha value is -1.18. The van der Waals surface area contributed by atoms with Crippen molar-refractivity contribution in [1.82, 2.24) is 4.90 Å². The summed E-state index contributed by atoms with van der Waals surface area (Å²) >= 11 is 0. The summed E-state index contributed by atoms with van der Waals surface area (Å²) < 4.78 is 24.4. The molecule has 68 valence electrons. The monoisotopic (exact) mass is 176 g/mol. The molecule has 0 heterocycles. The van der Waals surface area contributed by atoms with E-state index < -0.39 is 18.3 Å². The van der Waals surface area contributed by atoms with Gasteiger partial charge in [-0.2, -0.15) is 5.26 Å². The highest BCUT2D eigenvalue weighted by molar-refractivity contribution is 5.77. The fraction of sp³-hybridized carbons (Fsp3) is 0.714. The minimum Gasteiger partial charge on any atom is -0.274 e. The second-order valence-electron chi connectivity index (χ2n) is 2.62. The van der Waals surface area contributed by atoms with E-state index in [1.807, 2.05) is 0 Å². The van der Waals surface area contributed by atoms with Gasteiger partial charge >= 0.3 is 0 Å². The van der Waals surface area contributed by atoms with Crippen molar-refractivity contribution < 1.29 is 13.6 Å². The van der Waals surface area contributed by atoms with Crippen LogP contribution in [0.4, 0.5) is 8.78 Å². The predicted octanol–water partition coefficient (Wildman–Crippen LogP) is 1.36. The number of carbonyl (C=O) groups excluding carboxylic acids is 1. The van der Waals surface area contributed by atoms with Gasteiger partial charge in [0.05, 0.1) is 0 Å². The molecule has 0 aliphatic carbocycles. The van der Waals surface area contributed by atoms with Crippen molar-refractivity contribution in [2.75, 3.05) is 7.05 Å². The molecule has 0 aliphatic rings. The molecule has 0 spiro atoms. The van der Waals surface area contributed by atoms with Gasteiger partial charge in [-0.05, 0) is 6.92 Å². The van der Waals surface area contributed by atoms with Gasteiger partial charge < -0.3 is 0 Å². The predicted molar refractivity (Wildman–Crippen MR) is 38.2 cm³/mol. The molecule has 3 nitrogen and oxygen atoms in total. The lowest BCUT2D eigenvalue weighted by Gasteiger charge is -2.10. The largest absolute Gasteiger partial charge is 0.274 e. The van der Waals surface area contributed by atoms with Gasteiger partial charge in [0.25, 0.3) is 0 Å². The molecule has 0 saturated carbocycles. The SMILES string of the molecule is CN(C#N)C(=O)CCC(C)(F)F. The van der Waals surface area contributed by atoms with Crippen LogP contribution in [-0.4, -0.2) is 23.8 Å². The van der Waals surface area contributed by atoms with E-state index in [0.29, 0.717) is 0 Å². The highest BCUT2D eigenvalue weighted by Crippen LogP contribution is 2.18. The Labute approximate surface area is 69.6 Å². The van der Waals surface area contributed by atoms with Crippen LogP contribution in [0.2, 0.25) is 0 Å². The maximum absolute atomic E-state index is 12.2. The molecule has 5 heteroatoms. The third kappa shape index (κ3) is 4.61. The van der Waals surface area contributed by atoms with Gasteiger partial charge in [0.15, 0.2) is 6.19 Å². The van der Waals surface area contributed by atoms with E-state index in [1.165, 1.54) is 13.2 Å². The van der Waals surface area contributed by atoms with Crippen molar-refractivity contribution in [3.8, 4) is 6.19 Å². The lowest BCUT2D eigenvalue weighted by molar-refractivity contribution is -0.128. The van der Waals surface area contributed by atoms with Crippen LogP contribution in [0.25, 0.3) is 0 Å². The van der Waals surface area contributed by atoms with Gasteiger partial charge in [0, 0.05) is 19.9 Å². The molecule has 0 bridgehead atoms. The zero-order valence-electron chi connectivity index (χ0n) is 6.97. The first-order chi connectivity index (χ1) is 5.37. The summed E-state index contributed by atoms with van der Waals surface area (Å²) in [6.07, 6.45) is 0.726. The molecule has 0 aliphatic heterocycles.